The van der Waals surface area contributed by atoms with Crippen molar-refractivity contribution >= 4 is 50.3 Å². The highest BCUT2D eigenvalue weighted by Gasteiger charge is 2.17. The number of pyridine rings is 1. The maximum absolute atomic E-state index is 12.4. The molecule has 3 aromatic rings. The molecule has 106 valence electrons. The molecule has 0 aliphatic carbocycles. The van der Waals surface area contributed by atoms with Gasteiger partial charge in [0.05, 0.1) is 17.6 Å². The maximum Gasteiger partial charge on any atom is 0.267 e. The number of nitrogen functional groups attached to an aromatic ring is 1. The molecule has 0 bridgehead atoms. The maximum atomic E-state index is 12.4. The number of hydrogen-bond donors (Lipinski definition) is 2. The van der Waals surface area contributed by atoms with E-state index in [-0.39, 0.29) is 5.91 Å². The average molecular weight is 318 g/mol. The number of fused-ring (bicyclic) bond motifs is 1. The van der Waals surface area contributed by atoms with E-state index >= 15 is 0 Å². The van der Waals surface area contributed by atoms with Crippen LogP contribution in [0, 0.1) is 6.92 Å². The Morgan fingerprint density at radius 1 is 1.38 bits per heavy atom. The molecule has 0 saturated carbocycles. The van der Waals surface area contributed by atoms with Crippen molar-refractivity contribution in [2.45, 2.75) is 6.92 Å². The summed E-state index contributed by atoms with van der Waals surface area (Å²) in [4.78, 5) is 16.9. The number of rotatable bonds is 2. The molecule has 0 unspecified atom stereocenters. The van der Waals surface area contributed by atoms with E-state index in [0.29, 0.717) is 21.3 Å². The topological polar surface area (TPSA) is 68.0 Å². The van der Waals surface area contributed by atoms with Gasteiger partial charge in [-0.25, -0.2) is 0 Å². The van der Waals surface area contributed by atoms with Gasteiger partial charge in [-0.3, -0.25) is 9.78 Å². The highest BCUT2D eigenvalue weighted by atomic mass is 35.5. The van der Waals surface area contributed by atoms with Gasteiger partial charge < -0.3 is 11.1 Å². The summed E-state index contributed by atoms with van der Waals surface area (Å²) in [5, 5.41) is 4.31. The van der Waals surface area contributed by atoms with E-state index in [9.17, 15) is 4.79 Å². The number of hydrogen-bond acceptors (Lipinski definition) is 4. The number of benzene rings is 1. The van der Waals surface area contributed by atoms with Gasteiger partial charge in [0, 0.05) is 21.3 Å². The number of nitrogens with zero attached hydrogens (tertiary/aromatic N) is 1. The molecule has 0 saturated heterocycles. The molecular formula is C15H12ClN3OS. The summed E-state index contributed by atoms with van der Waals surface area (Å²) in [6.07, 6.45) is 3.30. The average Bonchev–Trinajstić information content (AvgIpc) is 2.78. The molecule has 1 aromatic carbocycles. The van der Waals surface area contributed by atoms with Gasteiger partial charge in [-0.05, 0) is 36.8 Å². The Labute approximate surface area is 130 Å². The molecule has 0 radical (unpaired) electrons. The molecule has 2 heterocycles. The van der Waals surface area contributed by atoms with Crippen LogP contribution in [0.3, 0.4) is 0 Å². The summed E-state index contributed by atoms with van der Waals surface area (Å²) >= 11 is 7.30. The van der Waals surface area contributed by atoms with Gasteiger partial charge in [-0.2, -0.15) is 0 Å². The molecule has 21 heavy (non-hydrogen) atoms. The third kappa shape index (κ3) is 2.57. The number of carbonyl (C=O) groups excluding carboxylic acids is 1. The number of carbonyl (C=O) groups is 1. The number of nitrogens with two attached hydrogens (primary N) is 1. The lowest BCUT2D eigenvalue weighted by molar-refractivity contribution is 0.103. The minimum Gasteiger partial charge on any atom is -0.397 e. The van der Waals surface area contributed by atoms with Crippen LogP contribution in [-0.2, 0) is 0 Å². The molecule has 0 spiro atoms. The zero-order chi connectivity index (χ0) is 15.0. The molecule has 1 amide bonds. The Balaban J connectivity index is 1.98. The standard InChI is InChI=1S/C15H12ClN3OS/c1-8-4-5-18-7-11(8)19-15(20)14-13(17)10-3-2-9(16)6-12(10)21-14/h2-7H,17H2,1H3,(H,19,20). The lowest BCUT2D eigenvalue weighted by Crippen LogP contribution is -2.13. The SMILES string of the molecule is Cc1ccncc1NC(=O)c1sc2cc(Cl)ccc2c1N. The van der Waals surface area contributed by atoms with E-state index in [0.717, 1.165) is 15.6 Å². The molecule has 0 atom stereocenters. The molecule has 0 fully saturated rings. The third-order valence-corrected chi connectivity index (χ3v) is 4.59. The van der Waals surface area contributed by atoms with Gasteiger partial charge in [0.15, 0.2) is 0 Å². The molecule has 3 N–H and O–H groups in total. The van der Waals surface area contributed by atoms with E-state index < -0.39 is 0 Å². The van der Waals surface area contributed by atoms with Crippen molar-refractivity contribution in [3.05, 3.63) is 52.1 Å². The number of halogens is 1. The van der Waals surface area contributed by atoms with Gasteiger partial charge >= 0.3 is 0 Å². The summed E-state index contributed by atoms with van der Waals surface area (Å²) in [5.41, 5.74) is 8.17. The van der Waals surface area contributed by atoms with Gasteiger partial charge in [-0.15, -0.1) is 11.3 Å². The highest BCUT2D eigenvalue weighted by Crippen LogP contribution is 2.35. The normalized spacial score (nSPS) is 10.8. The molecular weight excluding hydrogens is 306 g/mol. The fourth-order valence-corrected chi connectivity index (χ4v) is 3.33. The van der Waals surface area contributed by atoms with Gasteiger partial charge in [0.1, 0.15) is 4.88 Å². The van der Waals surface area contributed by atoms with E-state index in [1.54, 1.807) is 18.5 Å². The number of aryl methyl sites for hydroxylation is 1. The van der Waals surface area contributed by atoms with Crippen LogP contribution in [0.1, 0.15) is 15.2 Å². The van der Waals surface area contributed by atoms with Gasteiger partial charge in [-0.1, -0.05) is 11.6 Å². The van der Waals surface area contributed by atoms with Crippen molar-refractivity contribution < 1.29 is 4.79 Å². The number of anilines is 2. The highest BCUT2D eigenvalue weighted by molar-refractivity contribution is 7.21. The van der Waals surface area contributed by atoms with Crippen molar-refractivity contribution in [1.82, 2.24) is 4.98 Å². The van der Waals surface area contributed by atoms with Crippen LogP contribution >= 0.6 is 22.9 Å². The number of thiophene rings is 1. The molecule has 0 aliphatic rings. The first-order valence-electron chi connectivity index (χ1n) is 6.26. The molecule has 2 aromatic heterocycles. The first kappa shape index (κ1) is 13.9. The van der Waals surface area contributed by atoms with Crippen molar-refractivity contribution in [1.29, 1.82) is 0 Å². The Morgan fingerprint density at radius 3 is 2.95 bits per heavy atom. The van der Waals surface area contributed by atoms with Crippen molar-refractivity contribution in [2.75, 3.05) is 11.1 Å². The minimum absolute atomic E-state index is 0.235. The summed E-state index contributed by atoms with van der Waals surface area (Å²) in [5.74, 6) is -0.235. The Morgan fingerprint density at radius 2 is 2.19 bits per heavy atom. The second-order valence-electron chi connectivity index (χ2n) is 4.63. The van der Waals surface area contributed by atoms with E-state index in [1.807, 2.05) is 25.1 Å². The summed E-state index contributed by atoms with van der Waals surface area (Å²) in [7, 11) is 0. The predicted molar refractivity (Wildman–Crippen MR) is 88.2 cm³/mol. The summed E-state index contributed by atoms with van der Waals surface area (Å²) in [6, 6.07) is 7.24. The Bertz CT molecular complexity index is 844. The van der Waals surface area contributed by atoms with Crippen LogP contribution in [0.15, 0.2) is 36.7 Å². The van der Waals surface area contributed by atoms with Crippen LogP contribution in [0.25, 0.3) is 10.1 Å². The smallest absolute Gasteiger partial charge is 0.267 e. The predicted octanol–water partition coefficient (Wildman–Crippen LogP) is 4.09. The molecule has 4 nitrogen and oxygen atoms in total. The number of nitrogens with one attached hydrogen (secondary N) is 1. The first-order valence-corrected chi connectivity index (χ1v) is 7.45. The summed E-state index contributed by atoms with van der Waals surface area (Å²) < 4.78 is 0.896. The van der Waals surface area contributed by atoms with E-state index in [2.05, 4.69) is 10.3 Å². The first-order chi connectivity index (χ1) is 10.1. The summed E-state index contributed by atoms with van der Waals surface area (Å²) in [6.45, 7) is 1.91. The van der Waals surface area contributed by atoms with Crippen LogP contribution in [-0.4, -0.2) is 10.9 Å². The van der Waals surface area contributed by atoms with Crippen molar-refractivity contribution in [2.24, 2.45) is 0 Å². The Hall–Kier alpha value is -2.11. The third-order valence-electron chi connectivity index (χ3n) is 3.18. The second-order valence-corrected chi connectivity index (χ2v) is 6.12. The van der Waals surface area contributed by atoms with Crippen LogP contribution in [0.4, 0.5) is 11.4 Å². The fourth-order valence-electron chi connectivity index (χ4n) is 2.03. The quantitative estimate of drug-likeness (QED) is 0.748. The molecule has 3 rings (SSSR count). The van der Waals surface area contributed by atoms with Crippen LogP contribution in [0.5, 0.6) is 0 Å². The minimum atomic E-state index is -0.235. The molecule has 0 aliphatic heterocycles. The second kappa shape index (κ2) is 5.35. The van der Waals surface area contributed by atoms with Gasteiger partial charge in [0.2, 0.25) is 0 Å². The number of amides is 1. The largest absolute Gasteiger partial charge is 0.397 e. The van der Waals surface area contributed by atoms with E-state index in [1.165, 1.54) is 11.3 Å². The lowest BCUT2D eigenvalue weighted by atomic mass is 10.2. The van der Waals surface area contributed by atoms with Crippen molar-refractivity contribution in [3.63, 3.8) is 0 Å². The monoisotopic (exact) mass is 317 g/mol. The van der Waals surface area contributed by atoms with Gasteiger partial charge in [0.25, 0.3) is 5.91 Å². The zero-order valence-corrected chi connectivity index (χ0v) is 12.8. The lowest BCUT2D eigenvalue weighted by Gasteiger charge is -2.06. The van der Waals surface area contributed by atoms with Crippen LogP contribution < -0.4 is 11.1 Å². The van der Waals surface area contributed by atoms with Crippen molar-refractivity contribution in [3.8, 4) is 0 Å². The van der Waals surface area contributed by atoms with Crippen LogP contribution in [0.2, 0.25) is 5.02 Å². The number of aromatic nitrogens is 1. The molecule has 6 heteroatoms. The van der Waals surface area contributed by atoms with E-state index in [4.69, 9.17) is 17.3 Å². The zero-order valence-electron chi connectivity index (χ0n) is 11.2. The Kier molecular flexibility index (Phi) is 3.53. The fraction of sp³-hybridized carbons (Fsp3) is 0.0667.